The third-order valence-corrected chi connectivity index (χ3v) is 3.60. The quantitative estimate of drug-likeness (QED) is 0.718. The second-order valence-corrected chi connectivity index (χ2v) is 5.84. The Hall–Kier alpha value is -0.970. The molecule has 0 aromatic heterocycles. The van der Waals surface area contributed by atoms with Crippen molar-refractivity contribution in [3.63, 3.8) is 0 Å². The Labute approximate surface area is 128 Å². The fourth-order valence-electron chi connectivity index (χ4n) is 2.56. The van der Waals surface area contributed by atoms with Crippen molar-refractivity contribution in [1.29, 1.82) is 0 Å². The number of nitrogens with one attached hydrogen (secondary N) is 1. The van der Waals surface area contributed by atoms with E-state index >= 15 is 0 Å². The van der Waals surface area contributed by atoms with Gasteiger partial charge in [0.1, 0.15) is 5.82 Å². The maximum Gasteiger partial charge on any atom is 0.127 e. The van der Waals surface area contributed by atoms with Gasteiger partial charge in [0.2, 0.25) is 0 Å². The molecule has 1 N–H and O–H groups in total. The molecule has 0 aliphatic rings. The van der Waals surface area contributed by atoms with Crippen molar-refractivity contribution in [2.45, 2.75) is 26.3 Å². The van der Waals surface area contributed by atoms with Crippen LogP contribution in [0.1, 0.15) is 31.9 Å². The molecule has 0 aliphatic carbocycles. The SMILES string of the molecule is CNC(CCN(CCOC)CC(C)C)c1ccccc1F. The summed E-state index contributed by atoms with van der Waals surface area (Å²) in [5, 5.41) is 3.23. The van der Waals surface area contributed by atoms with Crippen molar-refractivity contribution in [2.75, 3.05) is 40.4 Å². The normalized spacial score (nSPS) is 13.1. The fourth-order valence-corrected chi connectivity index (χ4v) is 2.56. The topological polar surface area (TPSA) is 24.5 Å². The van der Waals surface area contributed by atoms with E-state index in [1.54, 1.807) is 13.2 Å². The Kier molecular flexibility index (Phi) is 8.50. The first-order chi connectivity index (χ1) is 10.1. The maximum atomic E-state index is 13.9. The molecule has 4 heteroatoms. The molecule has 0 fully saturated rings. The highest BCUT2D eigenvalue weighted by Crippen LogP contribution is 2.20. The Morgan fingerprint density at radius 1 is 1.24 bits per heavy atom. The van der Waals surface area contributed by atoms with Gasteiger partial charge in [-0.1, -0.05) is 32.0 Å². The average Bonchev–Trinajstić information content (AvgIpc) is 2.46. The van der Waals surface area contributed by atoms with E-state index in [4.69, 9.17) is 4.74 Å². The Balaban J connectivity index is 2.60. The van der Waals surface area contributed by atoms with Crippen molar-refractivity contribution in [1.82, 2.24) is 10.2 Å². The zero-order valence-corrected chi connectivity index (χ0v) is 13.7. The van der Waals surface area contributed by atoms with Gasteiger partial charge in [0, 0.05) is 38.3 Å². The minimum Gasteiger partial charge on any atom is -0.383 e. The van der Waals surface area contributed by atoms with Crippen LogP contribution in [0.15, 0.2) is 24.3 Å². The monoisotopic (exact) mass is 296 g/mol. The van der Waals surface area contributed by atoms with E-state index < -0.39 is 0 Å². The van der Waals surface area contributed by atoms with Gasteiger partial charge in [-0.3, -0.25) is 0 Å². The molecular weight excluding hydrogens is 267 g/mol. The summed E-state index contributed by atoms with van der Waals surface area (Å²) in [4.78, 5) is 2.39. The van der Waals surface area contributed by atoms with Crippen molar-refractivity contribution < 1.29 is 9.13 Å². The third kappa shape index (κ3) is 6.55. The molecule has 0 radical (unpaired) electrons. The van der Waals surface area contributed by atoms with E-state index in [0.717, 1.165) is 38.2 Å². The van der Waals surface area contributed by atoms with Gasteiger partial charge in [-0.2, -0.15) is 0 Å². The molecule has 1 rings (SSSR count). The van der Waals surface area contributed by atoms with E-state index in [2.05, 4.69) is 24.1 Å². The number of nitrogens with zero attached hydrogens (tertiary/aromatic N) is 1. The summed E-state index contributed by atoms with van der Waals surface area (Å²) >= 11 is 0. The van der Waals surface area contributed by atoms with Gasteiger partial charge in [0.15, 0.2) is 0 Å². The van der Waals surface area contributed by atoms with Gasteiger partial charge in [-0.25, -0.2) is 4.39 Å². The summed E-state index contributed by atoms with van der Waals surface area (Å²) in [6.07, 6.45) is 0.883. The minimum absolute atomic E-state index is 0.0448. The number of halogens is 1. The van der Waals surface area contributed by atoms with Gasteiger partial charge < -0.3 is 15.0 Å². The van der Waals surface area contributed by atoms with Gasteiger partial charge in [-0.05, 0) is 25.5 Å². The second-order valence-electron chi connectivity index (χ2n) is 5.84. The van der Waals surface area contributed by atoms with Crippen LogP contribution in [-0.4, -0.2) is 45.3 Å². The van der Waals surface area contributed by atoms with Gasteiger partial charge in [0.05, 0.1) is 6.61 Å². The predicted octanol–water partition coefficient (Wildman–Crippen LogP) is 3.08. The standard InChI is InChI=1S/C17H29FN2O/c1-14(2)13-20(11-12-21-4)10-9-17(19-3)15-7-5-6-8-16(15)18/h5-8,14,17,19H,9-13H2,1-4H3. The smallest absolute Gasteiger partial charge is 0.127 e. The van der Waals surface area contributed by atoms with Crippen LogP contribution in [0.3, 0.4) is 0 Å². The van der Waals surface area contributed by atoms with Gasteiger partial charge >= 0.3 is 0 Å². The number of hydrogen-bond donors (Lipinski definition) is 1. The van der Waals surface area contributed by atoms with E-state index in [0.29, 0.717) is 5.92 Å². The summed E-state index contributed by atoms with van der Waals surface area (Å²) in [5.74, 6) is 0.479. The first-order valence-electron chi connectivity index (χ1n) is 7.71. The van der Waals surface area contributed by atoms with Crippen LogP contribution in [0, 0.1) is 11.7 Å². The first-order valence-corrected chi connectivity index (χ1v) is 7.71. The van der Waals surface area contributed by atoms with E-state index in [1.165, 1.54) is 6.07 Å². The molecule has 1 aromatic rings. The van der Waals surface area contributed by atoms with E-state index in [9.17, 15) is 4.39 Å². The zero-order chi connectivity index (χ0) is 15.7. The molecule has 1 unspecified atom stereocenters. The summed E-state index contributed by atoms with van der Waals surface area (Å²) in [6, 6.07) is 7.05. The first kappa shape index (κ1) is 18.1. The van der Waals surface area contributed by atoms with Crippen LogP contribution < -0.4 is 5.32 Å². The summed E-state index contributed by atoms with van der Waals surface area (Å²) in [5.41, 5.74) is 0.747. The summed E-state index contributed by atoms with van der Waals surface area (Å²) in [6.45, 7) is 8.05. The molecular formula is C17H29FN2O. The highest BCUT2D eigenvalue weighted by atomic mass is 19.1. The van der Waals surface area contributed by atoms with Gasteiger partial charge in [-0.15, -0.1) is 0 Å². The third-order valence-electron chi connectivity index (χ3n) is 3.60. The van der Waals surface area contributed by atoms with Crippen molar-refractivity contribution in [3.8, 4) is 0 Å². The van der Waals surface area contributed by atoms with Crippen molar-refractivity contribution >= 4 is 0 Å². The van der Waals surface area contributed by atoms with Crippen LogP contribution in [0.5, 0.6) is 0 Å². The summed E-state index contributed by atoms with van der Waals surface area (Å²) < 4.78 is 19.1. The lowest BCUT2D eigenvalue weighted by Gasteiger charge is -2.26. The van der Waals surface area contributed by atoms with E-state index in [-0.39, 0.29) is 11.9 Å². The van der Waals surface area contributed by atoms with Crippen LogP contribution >= 0.6 is 0 Å². The molecule has 0 heterocycles. The molecule has 0 amide bonds. The Bertz CT molecular complexity index is 398. The number of rotatable bonds is 10. The molecule has 0 aliphatic heterocycles. The lowest BCUT2D eigenvalue weighted by atomic mass is 10.0. The Morgan fingerprint density at radius 2 is 1.95 bits per heavy atom. The predicted molar refractivity (Wildman–Crippen MR) is 86.0 cm³/mol. The molecule has 0 bridgehead atoms. The van der Waals surface area contributed by atoms with Gasteiger partial charge in [0.25, 0.3) is 0 Å². The molecule has 1 aromatic carbocycles. The lowest BCUT2D eigenvalue weighted by molar-refractivity contribution is 0.137. The second kappa shape index (κ2) is 9.87. The lowest BCUT2D eigenvalue weighted by Crippen LogP contribution is -2.34. The number of hydrogen-bond acceptors (Lipinski definition) is 3. The molecule has 0 saturated carbocycles. The van der Waals surface area contributed by atoms with Crippen LogP contribution in [0.4, 0.5) is 4.39 Å². The van der Waals surface area contributed by atoms with Crippen molar-refractivity contribution in [2.24, 2.45) is 5.92 Å². The zero-order valence-electron chi connectivity index (χ0n) is 13.7. The minimum atomic E-state index is -0.135. The maximum absolute atomic E-state index is 13.9. The van der Waals surface area contributed by atoms with Crippen LogP contribution in [-0.2, 0) is 4.74 Å². The van der Waals surface area contributed by atoms with Crippen LogP contribution in [0.25, 0.3) is 0 Å². The van der Waals surface area contributed by atoms with Crippen molar-refractivity contribution in [3.05, 3.63) is 35.6 Å². The molecule has 1 atom stereocenters. The van der Waals surface area contributed by atoms with E-state index in [1.807, 2.05) is 19.2 Å². The molecule has 0 saturated heterocycles. The molecule has 21 heavy (non-hydrogen) atoms. The number of methoxy groups -OCH3 is 1. The summed E-state index contributed by atoms with van der Waals surface area (Å²) in [7, 11) is 3.61. The van der Waals surface area contributed by atoms with Crippen LogP contribution in [0.2, 0.25) is 0 Å². The largest absolute Gasteiger partial charge is 0.383 e. The highest BCUT2D eigenvalue weighted by Gasteiger charge is 2.15. The average molecular weight is 296 g/mol. The Morgan fingerprint density at radius 3 is 2.52 bits per heavy atom. The molecule has 3 nitrogen and oxygen atoms in total. The molecule has 120 valence electrons. The highest BCUT2D eigenvalue weighted by molar-refractivity contribution is 5.21. The molecule has 0 spiro atoms. The number of benzene rings is 1. The number of ether oxygens (including phenoxy) is 1. The fraction of sp³-hybridized carbons (Fsp3) is 0.647.